The Morgan fingerprint density at radius 3 is 2.63 bits per heavy atom. The van der Waals surface area contributed by atoms with Gasteiger partial charge < -0.3 is 5.32 Å². The Kier molecular flexibility index (Phi) is 3.55. The fourth-order valence-electron chi connectivity index (χ4n) is 2.35. The lowest BCUT2D eigenvalue weighted by Gasteiger charge is -2.10. The number of amides is 1. The van der Waals surface area contributed by atoms with Crippen LogP contribution in [0.2, 0.25) is 0 Å². The van der Waals surface area contributed by atoms with Crippen LogP contribution in [0.25, 0.3) is 11.1 Å². The number of fused-ring (bicyclic) bond motifs is 1. The van der Waals surface area contributed by atoms with Crippen molar-refractivity contribution in [2.45, 2.75) is 16.8 Å². The van der Waals surface area contributed by atoms with Crippen LogP contribution in [0.5, 0.6) is 0 Å². The topological polar surface area (TPSA) is 29.1 Å². The van der Waals surface area contributed by atoms with Gasteiger partial charge in [0, 0.05) is 5.69 Å². The van der Waals surface area contributed by atoms with Gasteiger partial charge in [-0.25, -0.2) is 0 Å². The number of nitrogens with one attached hydrogen (secondary N) is 1. The summed E-state index contributed by atoms with van der Waals surface area (Å²) >= 11 is 2.21. The fraction of sp³-hybridized carbons (Fsp3) is 0.188. The number of anilines is 1. The number of aryl methyl sites for hydroxylation is 1. The summed E-state index contributed by atoms with van der Waals surface area (Å²) in [5.74, 6) is 0.115. The Morgan fingerprint density at radius 2 is 1.84 bits per heavy atom. The van der Waals surface area contributed by atoms with Gasteiger partial charge >= 0.3 is 0 Å². The van der Waals surface area contributed by atoms with Crippen LogP contribution < -0.4 is 5.32 Å². The summed E-state index contributed by atoms with van der Waals surface area (Å²) in [5, 5.41) is 3.04. The number of hydrogen-bond acceptors (Lipinski definition) is 1. The van der Waals surface area contributed by atoms with Crippen molar-refractivity contribution >= 4 is 34.2 Å². The number of carbonyl (C=O) groups excluding carboxylic acids is 1. The van der Waals surface area contributed by atoms with Crippen molar-refractivity contribution in [1.82, 2.24) is 0 Å². The zero-order valence-corrected chi connectivity index (χ0v) is 12.6. The number of alkyl halides is 1. The second kappa shape index (κ2) is 5.33. The molecule has 0 bridgehead atoms. The lowest BCUT2D eigenvalue weighted by Crippen LogP contribution is -2.20. The molecule has 0 spiro atoms. The van der Waals surface area contributed by atoms with Crippen molar-refractivity contribution in [2.24, 2.45) is 0 Å². The van der Waals surface area contributed by atoms with Gasteiger partial charge in [0.2, 0.25) is 5.91 Å². The number of halogens is 1. The molecule has 19 heavy (non-hydrogen) atoms. The Labute approximate surface area is 126 Å². The van der Waals surface area contributed by atoms with E-state index in [1.54, 1.807) is 0 Å². The van der Waals surface area contributed by atoms with Crippen LogP contribution in [0.1, 0.15) is 12.0 Å². The number of hydrogen-bond donors (Lipinski definition) is 1. The summed E-state index contributed by atoms with van der Waals surface area (Å²) in [6.07, 6.45) is 1.86. The van der Waals surface area contributed by atoms with Crippen LogP contribution >= 0.6 is 22.6 Å². The second-order valence-corrected chi connectivity index (χ2v) is 6.24. The molecule has 1 unspecified atom stereocenters. The molecular weight excluding hydrogens is 349 g/mol. The first-order chi connectivity index (χ1) is 9.24. The van der Waals surface area contributed by atoms with Crippen LogP contribution in [0.3, 0.4) is 0 Å². The zero-order valence-electron chi connectivity index (χ0n) is 10.4. The van der Waals surface area contributed by atoms with Gasteiger partial charge in [-0.15, -0.1) is 0 Å². The summed E-state index contributed by atoms with van der Waals surface area (Å²) < 4.78 is 0.0603. The van der Waals surface area contributed by atoms with Crippen molar-refractivity contribution in [3.8, 4) is 11.1 Å². The summed E-state index contributed by atoms with van der Waals surface area (Å²) in [7, 11) is 0. The lowest BCUT2D eigenvalue weighted by molar-refractivity contribution is -0.115. The van der Waals surface area contributed by atoms with E-state index in [1.165, 1.54) is 11.1 Å². The minimum atomic E-state index is 0.0603. The number of rotatable bonds is 1. The van der Waals surface area contributed by atoms with Gasteiger partial charge in [0.15, 0.2) is 0 Å². The van der Waals surface area contributed by atoms with Gasteiger partial charge in [-0.1, -0.05) is 65.1 Å². The molecule has 0 saturated heterocycles. The predicted octanol–water partition coefficient (Wildman–Crippen LogP) is 4.04. The Bertz CT molecular complexity index is 609. The molecule has 0 aromatic heterocycles. The third-order valence-electron chi connectivity index (χ3n) is 3.43. The number of carbonyl (C=O) groups is 1. The minimum Gasteiger partial charge on any atom is -0.325 e. The molecule has 1 N–H and O–H groups in total. The van der Waals surface area contributed by atoms with Gasteiger partial charge in [-0.05, 0) is 35.6 Å². The Hall–Kier alpha value is -1.36. The van der Waals surface area contributed by atoms with Crippen molar-refractivity contribution in [3.63, 3.8) is 0 Å². The first-order valence-corrected chi connectivity index (χ1v) is 7.62. The van der Waals surface area contributed by atoms with E-state index < -0.39 is 0 Å². The average Bonchev–Trinajstić information content (AvgIpc) is 2.59. The van der Waals surface area contributed by atoms with E-state index in [0.29, 0.717) is 0 Å². The maximum Gasteiger partial charge on any atom is 0.237 e. The molecule has 0 aliphatic carbocycles. The molecule has 1 amide bonds. The molecule has 3 heteroatoms. The predicted molar refractivity (Wildman–Crippen MR) is 86.6 cm³/mol. The van der Waals surface area contributed by atoms with Crippen LogP contribution in [-0.4, -0.2) is 9.83 Å². The molecule has 1 aliphatic heterocycles. The molecule has 1 heterocycles. The lowest BCUT2D eigenvalue weighted by atomic mass is 10.0. The minimum absolute atomic E-state index is 0.0603. The van der Waals surface area contributed by atoms with Gasteiger partial charge in [0.1, 0.15) is 0 Å². The first kappa shape index (κ1) is 12.7. The molecule has 0 fully saturated rings. The molecule has 1 atom stereocenters. The quantitative estimate of drug-likeness (QED) is 0.601. The maximum atomic E-state index is 11.9. The SMILES string of the molecule is O=C1Nc2cc(-c3ccccc3)ccc2CCC1I. The normalized spacial score (nSPS) is 18.4. The Morgan fingerprint density at radius 1 is 1.05 bits per heavy atom. The zero-order chi connectivity index (χ0) is 13.2. The smallest absolute Gasteiger partial charge is 0.237 e. The second-order valence-electron chi connectivity index (χ2n) is 4.73. The van der Waals surface area contributed by atoms with Crippen LogP contribution in [0.15, 0.2) is 48.5 Å². The standard InChI is InChI=1S/C16H14INO/c17-14-9-8-12-6-7-13(10-15(12)18-16(14)19)11-4-2-1-3-5-11/h1-7,10,14H,8-9H2,(H,18,19). The van der Waals surface area contributed by atoms with Gasteiger partial charge in [-0.2, -0.15) is 0 Å². The summed E-state index contributed by atoms with van der Waals surface area (Å²) in [6, 6.07) is 16.6. The van der Waals surface area contributed by atoms with E-state index in [-0.39, 0.29) is 9.83 Å². The molecular formula is C16H14INO. The van der Waals surface area contributed by atoms with E-state index in [9.17, 15) is 4.79 Å². The van der Waals surface area contributed by atoms with Crippen LogP contribution in [0.4, 0.5) is 5.69 Å². The largest absolute Gasteiger partial charge is 0.325 e. The molecule has 96 valence electrons. The highest BCUT2D eigenvalue weighted by Crippen LogP contribution is 2.29. The average molecular weight is 363 g/mol. The molecule has 3 rings (SSSR count). The first-order valence-electron chi connectivity index (χ1n) is 6.37. The number of benzene rings is 2. The van der Waals surface area contributed by atoms with Crippen molar-refractivity contribution in [1.29, 1.82) is 0 Å². The van der Waals surface area contributed by atoms with Crippen molar-refractivity contribution in [2.75, 3.05) is 5.32 Å². The molecule has 0 radical (unpaired) electrons. The third kappa shape index (κ3) is 2.66. The monoisotopic (exact) mass is 363 g/mol. The van der Waals surface area contributed by atoms with Crippen LogP contribution in [0, 0.1) is 0 Å². The highest BCUT2D eigenvalue weighted by atomic mass is 127. The maximum absolute atomic E-state index is 11.9. The van der Waals surface area contributed by atoms with E-state index in [4.69, 9.17) is 0 Å². The van der Waals surface area contributed by atoms with E-state index >= 15 is 0 Å². The van der Waals surface area contributed by atoms with E-state index in [2.05, 4.69) is 58.2 Å². The summed E-state index contributed by atoms with van der Waals surface area (Å²) in [4.78, 5) is 11.9. The highest BCUT2D eigenvalue weighted by Gasteiger charge is 2.20. The van der Waals surface area contributed by atoms with Crippen molar-refractivity contribution < 1.29 is 4.79 Å². The molecule has 2 aromatic carbocycles. The van der Waals surface area contributed by atoms with E-state index in [0.717, 1.165) is 24.1 Å². The van der Waals surface area contributed by atoms with Crippen molar-refractivity contribution in [3.05, 3.63) is 54.1 Å². The summed E-state index contributed by atoms with van der Waals surface area (Å²) in [5.41, 5.74) is 4.51. The molecule has 2 aromatic rings. The van der Waals surface area contributed by atoms with Crippen LogP contribution in [-0.2, 0) is 11.2 Å². The van der Waals surface area contributed by atoms with Gasteiger partial charge in [0.25, 0.3) is 0 Å². The molecule has 2 nitrogen and oxygen atoms in total. The molecule has 1 aliphatic rings. The fourth-order valence-corrected chi connectivity index (χ4v) is 2.81. The van der Waals surface area contributed by atoms with Gasteiger partial charge in [0.05, 0.1) is 3.92 Å². The van der Waals surface area contributed by atoms with E-state index in [1.807, 2.05) is 18.2 Å². The van der Waals surface area contributed by atoms with Gasteiger partial charge in [-0.3, -0.25) is 4.79 Å². The Balaban J connectivity index is 2.00. The summed E-state index contributed by atoms with van der Waals surface area (Å²) in [6.45, 7) is 0. The third-order valence-corrected chi connectivity index (χ3v) is 4.61. The molecule has 0 saturated carbocycles. The highest BCUT2D eigenvalue weighted by molar-refractivity contribution is 14.1.